The highest BCUT2D eigenvalue weighted by atomic mass is 35.5. The highest BCUT2D eigenvalue weighted by Gasteiger charge is 2.07. The summed E-state index contributed by atoms with van der Waals surface area (Å²) in [7, 11) is 0. The summed E-state index contributed by atoms with van der Waals surface area (Å²) in [5.74, 6) is 0.242. The van der Waals surface area contributed by atoms with Crippen molar-refractivity contribution in [3.8, 4) is 10.6 Å². The maximum Gasteiger partial charge on any atom is 0.149 e. The van der Waals surface area contributed by atoms with E-state index in [4.69, 9.17) is 11.6 Å². The Morgan fingerprint density at radius 3 is 2.94 bits per heavy atom. The van der Waals surface area contributed by atoms with Gasteiger partial charge in [-0.3, -0.25) is 4.98 Å². The van der Waals surface area contributed by atoms with Crippen LogP contribution in [-0.2, 0) is 6.42 Å². The molecular formula is C10H9ClFN3S. The van der Waals surface area contributed by atoms with Gasteiger partial charge in [-0.1, -0.05) is 11.3 Å². The van der Waals surface area contributed by atoms with Gasteiger partial charge in [-0.2, -0.15) is 0 Å². The van der Waals surface area contributed by atoms with Crippen LogP contribution in [0.2, 0.25) is 0 Å². The molecule has 0 aliphatic rings. The van der Waals surface area contributed by atoms with E-state index in [0.717, 1.165) is 17.8 Å². The van der Waals surface area contributed by atoms with E-state index >= 15 is 0 Å². The van der Waals surface area contributed by atoms with Crippen LogP contribution in [0.3, 0.4) is 0 Å². The first-order valence-electron chi connectivity index (χ1n) is 4.79. The average molecular weight is 258 g/mol. The first-order valence-corrected chi connectivity index (χ1v) is 6.14. The molecule has 0 bridgehead atoms. The number of aryl methyl sites for hydroxylation is 1. The number of pyridine rings is 1. The highest BCUT2D eigenvalue weighted by molar-refractivity contribution is 7.14. The van der Waals surface area contributed by atoms with Crippen LogP contribution >= 0.6 is 22.9 Å². The zero-order valence-corrected chi connectivity index (χ0v) is 9.93. The molecule has 0 spiro atoms. The van der Waals surface area contributed by atoms with Crippen molar-refractivity contribution in [2.45, 2.75) is 12.8 Å². The molecule has 0 amide bonds. The smallest absolute Gasteiger partial charge is 0.149 e. The first-order chi connectivity index (χ1) is 7.79. The minimum atomic E-state index is -0.366. The van der Waals surface area contributed by atoms with Gasteiger partial charge in [-0.25, -0.2) is 4.39 Å². The SMILES string of the molecule is Fc1cncc(-c2nnc(CCCCl)s2)c1. The fourth-order valence-corrected chi connectivity index (χ4v) is 2.21. The third kappa shape index (κ3) is 2.74. The summed E-state index contributed by atoms with van der Waals surface area (Å²) in [6.07, 6.45) is 4.43. The molecule has 16 heavy (non-hydrogen) atoms. The minimum absolute atomic E-state index is 0.366. The van der Waals surface area contributed by atoms with Gasteiger partial charge in [0, 0.05) is 24.1 Å². The molecule has 2 rings (SSSR count). The maximum atomic E-state index is 12.9. The molecule has 0 aliphatic carbocycles. The van der Waals surface area contributed by atoms with Crippen LogP contribution in [0.5, 0.6) is 0 Å². The Morgan fingerprint density at radius 1 is 1.31 bits per heavy atom. The number of halogens is 2. The van der Waals surface area contributed by atoms with Crippen LogP contribution in [0.15, 0.2) is 18.5 Å². The zero-order chi connectivity index (χ0) is 11.4. The molecule has 0 radical (unpaired) electrons. The van der Waals surface area contributed by atoms with Gasteiger partial charge in [-0.05, 0) is 12.5 Å². The standard InChI is InChI=1S/C10H9ClFN3S/c11-3-1-2-9-14-15-10(16-9)7-4-8(12)6-13-5-7/h4-6H,1-3H2. The lowest BCUT2D eigenvalue weighted by atomic mass is 10.3. The lowest BCUT2D eigenvalue weighted by Crippen LogP contribution is -1.84. The van der Waals surface area contributed by atoms with Crippen LogP contribution in [0.1, 0.15) is 11.4 Å². The quantitative estimate of drug-likeness (QED) is 0.791. The van der Waals surface area contributed by atoms with Gasteiger partial charge in [0.05, 0.1) is 6.20 Å². The Hall–Kier alpha value is -1.07. The summed E-state index contributed by atoms with van der Waals surface area (Å²) < 4.78 is 12.9. The predicted molar refractivity (Wildman–Crippen MR) is 62.1 cm³/mol. The van der Waals surface area contributed by atoms with Gasteiger partial charge < -0.3 is 0 Å². The predicted octanol–water partition coefficient (Wildman–Crippen LogP) is 2.91. The van der Waals surface area contributed by atoms with Crippen molar-refractivity contribution in [1.82, 2.24) is 15.2 Å². The third-order valence-electron chi connectivity index (χ3n) is 1.94. The van der Waals surface area contributed by atoms with Crippen molar-refractivity contribution in [1.29, 1.82) is 0 Å². The largest absolute Gasteiger partial charge is 0.261 e. The molecule has 3 nitrogen and oxygen atoms in total. The number of nitrogens with zero attached hydrogens (tertiary/aromatic N) is 3. The second kappa shape index (κ2) is 5.32. The van der Waals surface area contributed by atoms with Gasteiger partial charge in [0.1, 0.15) is 15.8 Å². The van der Waals surface area contributed by atoms with Gasteiger partial charge in [0.2, 0.25) is 0 Å². The normalized spacial score (nSPS) is 10.6. The van der Waals surface area contributed by atoms with E-state index in [1.807, 2.05) is 0 Å². The van der Waals surface area contributed by atoms with Crippen molar-refractivity contribution >= 4 is 22.9 Å². The summed E-state index contributed by atoms with van der Waals surface area (Å²) in [6.45, 7) is 0. The lowest BCUT2D eigenvalue weighted by Gasteiger charge is -1.93. The van der Waals surface area contributed by atoms with Gasteiger partial charge in [0.15, 0.2) is 0 Å². The Labute approximate surface area is 101 Å². The topological polar surface area (TPSA) is 38.7 Å². The Balaban J connectivity index is 2.18. The summed E-state index contributed by atoms with van der Waals surface area (Å²) in [4.78, 5) is 3.77. The average Bonchev–Trinajstić information content (AvgIpc) is 2.75. The molecule has 2 heterocycles. The Kier molecular flexibility index (Phi) is 3.79. The molecule has 0 N–H and O–H groups in total. The van der Waals surface area contributed by atoms with Gasteiger partial charge >= 0.3 is 0 Å². The Bertz CT molecular complexity index is 475. The molecule has 0 aliphatic heterocycles. The van der Waals surface area contributed by atoms with E-state index in [1.54, 1.807) is 6.20 Å². The van der Waals surface area contributed by atoms with Crippen LogP contribution in [0, 0.1) is 5.82 Å². The van der Waals surface area contributed by atoms with Crippen molar-refractivity contribution < 1.29 is 4.39 Å². The maximum absolute atomic E-state index is 12.9. The number of hydrogen-bond donors (Lipinski definition) is 0. The molecule has 0 saturated heterocycles. The summed E-state index contributed by atoms with van der Waals surface area (Å²) >= 11 is 7.04. The zero-order valence-electron chi connectivity index (χ0n) is 8.36. The van der Waals surface area contributed by atoms with Gasteiger partial charge in [-0.15, -0.1) is 21.8 Å². The van der Waals surface area contributed by atoms with E-state index in [-0.39, 0.29) is 5.82 Å². The monoisotopic (exact) mass is 257 g/mol. The molecule has 2 aromatic rings. The number of hydrogen-bond acceptors (Lipinski definition) is 4. The summed E-state index contributed by atoms with van der Waals surface area (Å²) in [5, 5.41) is 9.63. The van der Waals surface area contributed by atoms with E-state index in [2.05, 4.69) is 15.2 Å². The fraction of sp³-hybridized carbons (Fsp3) is 0.300. The first kappa shape index (κ1) is 11.4. The summed E-state index contributed by atoms with van der Waals surface area (Å²) in [6, 6.07) is 1.40. The van der Waals surface area contributed by atoms with E-state index in [1.165, 1.54) is 23.6 Å². The summed E-state index contributed by atoms with van der Waals surface area (Å²) in [5.41, 5.74) is 0.662. The molecule has 0 atom stereocenters. The van der Waals surface area contributed by atoms with Gasteiger partial charge in [0.25, 0.3) is 0 Å². The number of alkyl halides is 1. The molecule has 84 valence electrons. The molecule has 0 saturated carbocycles. The van der Waals surface area contributed by atoms with Crippen molar-refractivity contribution in [2.75, 3.05) is 5.88 Å². The number of aromatic nitrogens is 3. The van der Waals surface area contributed by atoms with Crippen LogP contribution in [0.4, 0.5) is 4.39 Å². The van der Waals surface area contributed by atoms with E-state index in [0.29, 0.717) is 16.5 Å². The molecule has 0 fully saturated rings. The number of rotatable bonds is 4. The third-order valence-corrected chi connectivity index (χ3v) is 3.24. The van der Waals surface area contributed by atoms with Crippen LogP contribution < -0.4 is 0 Å². The molecule has 0 unspecified atom stereocenters. The fourth-order valence-electron chi connectivity index (χ4n) is 1.22. The van der Waals surface area contributed by atoms with Crippen LogP contribution in [-0.4, -0.2) is 21.1 Å². The highest BCUT2D eigenvalue weighted by Crippen LogP contribution is 2.23. The Morgan fingerprint density at radius 2 is 2.19 bits per heavy atom. The van der Waals surface area contributed by atoms with Crippen molar-refractivity contribution in [2.24, 2.45) is 0 Å². The lowest BCUT2D eigenvalue weighted by molar-refractivity contribution is 0.622. The van der Waals surface area contributed by atoms with Crippen molar-refractivity contribution in [3.63, 3.8) is 0 Å². The molecular weight excluding hydrogens is 249 g/mol. The second-order valence-electron chi connectivity index (χ2n) is 3.19. The van der Waals surface area contributed by atoms with E-state index in [9.17, 15) is 4.39 Å². The van der Waals surface area contributed by atoms with Crippen LogP contribution in [0.25, 0.3) is 10.6 Å². The molecule has 6 heteroatoms. The second-order valence-corrected chi connectivity index (χ2v) is 4.63. The molecule has 2 aromatic heterocycles. The van der Waals surface area contributed by atoms with E-state index < -0.39 is 0 Å². The molecule has 0 aromatic carbocycles. The van der Waals surface area contributed by atoms with Crippen molar-refractivity contribution in [3.05, 3.63) is 29.3 Å². The minimum Gasteiger partial charge on any atom is -0.261 e.